The van der Waals surface area contributed by atoms with Gasteiger partial charge in [0.25, 0.3) is 5.91 Å². The van der Waals surface area contributed by atoms with Crippen molar-refractivity contribution in [2.24, 2.45) is 0 Å². The molecule has 0 saturated heterocycles. The molecular weight excluding hydrogens is 298 g/mol. The minimum absolute atomic E-state index is 0.145. The van der Waals surface area contributed by atoms with Crippen LogP contribution in [0.5, 0.6) is 0 Å². The standard InChI is InChI=1S/C17H14ClN3O/c18-16-8-2-1-5-14(16)12-19-17(22)13-6-3-7-15(11-13)21-10-4-9-20-21/h1-11H,12H2,(H,19,22). The number of carbonyl (C=O) groups is 1. The van der Waals surface area contributed by atoms with E-state index in [1.54, 1.807) is 29.1 Å². The highest BCUT2D eigenvalue weighted by Crippen LogP contribution is 2.15. The lowest BCUT2D eigenvalue weighted by Gasteiger charge is -2.08. The molecule has 1 heterocycles. The molecule has 0 aliphatic heterocycles. The predicted octanol–water partition coefficient (Wildman–Crippen LogP) is 3.46. The van der Waals surface area contributed by atoms with Crippen LogP contribution in [0.3, 0.4) is 0 Å². The molecule has 0 atom stereocenters. The lowest BCUT2D eigenvalue weighted by atomic mass is 10.1. The predicted molar refractivity (Wildman–Crippen MR) is 86.2 cm³/mol. The molecular formula is C17H14ClN3O. The number of nitrogens with one attached hydrogen (secondary N) is 1. The molecule has 0 radical (unpaired) electrons. The van der Waals surface area contributed by atoms with Crippen molar-refractivity contribution in [1.29, 1.82) is 0 Å². The maximum absolute atomic E-state index is 12.3. The molecule has 0 spiro atoms. The molecule has 2 aromatic carbocycles. The second-order valence-electron chi connectivity index (χ2n) is 4.78. The first kappa shape index (κ1) is 14.4. The fraction of sp³-hybridized carbons (Fsp3) is 0.0588. The summed E-state index contributed by atoms with van der Waals surface area (Å²) in [6.45, 7) is 0.393. The Labute approximate surface area is 133 Å². The van der Waals surface area contributed by atoms with E-state index in [0.717, 1.165) is 11.3 Å². The zero-order valence-electron chi connectivity index (χ0n) is 11.7. The minimum atomic E-state index is -0.145. The fourth-order valence-corrected chi connectivity index (χ4v) is 2.33. The Kier molecular flexibility index (Phi) is 4.21. The monoisotopic (exact) mass is 311 g/mol. The first-order valence-corrected chi connectivity index (χ1v) is 7.23. The molecule has 5 heteroatoms. The summed E-state index contributed by atoms with van der Waals surface area (Å²) >= 11 is 6.08. The molecule has 0 fully saturated rings. The van der Waals surface area contributed by atoms with E-state index in [1.807, 2.05) is 42.6 Å². The van der Waals surface area contributed by atoms with Crippen molar-refractivity contribution < 1.29 is 4.79 Å². The lowest BCUT2D eigenvalue weighted by Crippen LogP contribution is -2.23. The van der Waals surface area contributed by atoms with Gasteiger partial charge in [-0.1, -0.05) is 35.9 Å². The highest BCUT2D eigenvalue weighted by atomic mass is 35.5. The number of nitrogens with zero attached hydrogens (tertiary/aromatic N) is 2. The van der Waals surface area contributed by atoms with Crippen LogP contribution in [0.4, 0.5) is 0 Å². The van der Waals surface area contributed by atoms with Gasteiger partial charge in [-0.2, -0.15) is 5.10 Å². The van der Waals surface area contributed by atoms with Crippen molar-refractivity contribution in [3.05, 3.63) is 83.1 Å². The lowest BCUT2D eigenvalue weighted by molar-refractivity contribution is 0.0951. The van der Waals surface area contributed by atoms with Crippen molar-refractivity contribution in [2.45, 2.75) is 6.54 Å². The number of rotatable bonds is 4. The van der Waals surface area contributed by atoms with Crippen molar-refractivity contribution >= 4 is 17.5 Å². The number of halogens is 1. The molecule has 4 nitrogen and oxygen atoms in total. The quantitative estimate of drug-likeness (QED) is 0.802. The largest absolute Gasteiger partial charge is 0.348 e. The zero-order valence-corrected chi connectivity index (χ0v) is 12.5. The highest BCUT2D eigenvalue weighted by Gasteiger charge is 2.08. The Morgan fingerprint density at radius 3 is 2.77 bits per heavy atom. The molecule has 0 bridgehead atoms. The van der Waals surface area contributed by atoms with Crippen LogP contribution in [0.1, 0.15) is 15.9 Å². The Bertz CT molecular complexity index is 784. The summed E-state index contributed by atoms with van der Waals surface area (Å²) in [5, 5.41) is 7.68. The van der Waals surface area contributed by atoms with Gasteiger partial charge in [0.15, 0.2) is 0 Å². The van der Waals surface area contributed by atoms with E-state index < -0.39 is 0 Å². The summed E-state index contributed by atoms with van der Waals surface area (Å²) in [5.41, 5.74) is 2.32. The van der Waals surface area contributed by atoms with E-state index in [1.165, 1.54) is 0 Å². The summed E-state index contributed by atoms with van der Waals surface area (Å²) in [6.07, 6.45) is 3.53. The minimum Gasteiger partial charge on any atom is -0.348 e. The average molecular weight is 312 g/mol. The Morgan fingerprint density at radius 2 is 2.00 bits per heavy atom. The van der Waals surface area contributed by atoms with E-state index in [-0.39, 0.29) is 5.91 Å². The van der Waals surface area contributed by atoms with Crippen LogP contribution in [0.2, 0.25) is 5.02 Å². The van der Waals surface area contributed by atoms with Crippen LogP contribution < -0.4 is 5.32 Å². The molecule has 110 valence electrons. The molecule has 0 aliphatic carbocycles. The van der Waals surface area contributed by atoms with Crippen LogP contribution in [0.25, 0.3) is 5.69 Å². The van der Waals surface area contributed by atoms with Crippen LogP contribution in [0, 0.1) is 0 Å². The summed E-state index contributed by atoms with van der Waals surface area (Å²) in [7, 11) is 0. The normalized spacial score (nSPS) is 10.4. The third-order valence-corrected chi connectivity index (χ3v) is 3.64. The van der Waals surface area contributed by atoms with Gasteiger partial charge in [0.2, 0.25) is 0 Å². The summed E-state index contributed by atoms with van der Waals surface area (Å²) in [5.74, 6) is -0.145. The average Bonchev–Trinajstić information content (AvgIpc) is 3.08. The molecule has 0 aliphatic rings. The Balaban J connectivity index is 1.73. The van der Waals surface area contributed by atoms with Crippen LogP contribution in [-0.4, -0.2) is 15.7 Å². The van der Waals surface area contributed by atoms with Crippen molar-refractivity contribution in [1.82, 2.24) is 15.1 Å². The van der Waals surface area contributed by atoms with Crippen LogP contribution >= 0.6 is 11.6 Å². The number of hydrogen-bond donors (Lipinski definition) is 1. The van der Waals surface area contributed by atoms with Gasteiger partial charge in [0.05, 0.1) is 5.69 Å². The summed E-state index contributed by atoms with van der Waals surface area (Å²) in [4.78, 5) is 12.3. The summed E-state index contributed by atoms with van der Waals surface area (Å²) in [6, 6.07) is 16.6. The maximum Gasteiger partial charge on any atom is 0.251 e. The number of hydrogen-bond acceptors (Lipinski definition) is 2. The molecule has 22 heavy (non-hydrogen) atoms. The zero-order chi connectivity index (χ0) is 15.4. The van der Waals surface area contributed by atoms with E-state index in [0.29, 0.717) is 17.1 Å². The van der Waals surface area contributed by atoms with E-state index >= 15 is 0 Å². The van der Waals surface area contributed by atoms with Gasteiger partial charge in [0.1, 0.15) is 0 Å². The van der Waals surface area contributed by atoms with Gasteiger partial charge in [-0.15, -0.1) is 0 Å². The maximum atomic E-state index is 12.3. The molecule has 3 aromatic rings. The number of carbonyl (C=O) groups excluding carboxylic acids is 1. The van der Waals surface area contributed by atoms with Gasteiger partial charge in [-0.05, 0) is 35.9 Å². The molecule has 1 aromatic heterocycles. The van der Waals surface area contributed by atoms with Crippen LogP contribution in [0.15, 0.2) is 67.0 Å². The first-order chi connectivity index (χ1) is 10.7. The second-order valence-corrected chi connectivity index (χ2v) is 5.18. The first-order valence-electron chi connectivity index (χ1n) is 6.86. The van der Waals surface area contributed by atoms with Gasteiger partial charge >= 0.3 is 0 Å². The molecule has 1 N–H and O–H groups in total. The Morgan fingerprint density at radius 1 is 1.14 bits per heavy atom. The van der Waals surface area contributed by atoms with Gasteiger partial charge in [0, 0.05) is 29.5 Å². The third-order valence-electron chi connectivity index (χ3n) is 3.27. The summed E-state index contributed by atoms with van der Waals surface area (Å²) < 4.78 is 1.71. The van der Waals surface area contributed by atoms with Crippen molar-refractivity contribution in [3.8, 4) is 5.69 Å². The Hall–Kier alpha value is -2.59. The molecule has 0 saturated carbocycles. The smallest absolute Gasteiger partial charge is 0.251 e. The molecule has 0 unspecified atom stereocenters. The van der Waals surface area contributed by atoms with Gasteiger partial charge < -0.3 is 5.32 Å². The van der Waals surface area contributed by atoms with E-state index in [9.17, 15) is 4.79 Å². The van der Waals surface area contributed by atoms with Gasteiger partial charge in [-0.25, -0.2) is 4.68 Å². The fourth-order valence-electron chi connectivity index (χ4n) is 2.13. The third kappa shape index (κ3) is 3.18. The van der Waals surface area contributed by atoms with Crippen molar-refractivity contribution in [2.75, 3.05) is 0 Å². The second kappa shape index (κ2) is 6.45. The van der Waals surface area contributed by atoms with E-state index in [4.69, 9.17) is 11.6 Å². The molecule has 3 rings (SSSR count). The van der Waals surface area contributed by atoms with Gasteiger partial charge in [-0.3, -0.25) is 4.79 Å². The number of benzene rings is 2. The highest BCUT2D eigenvalue weighted by molar-refractivity contribution is 6.31. The SMILES string of the molecule is O=C(NCc1ccccc1Cl)c1cccc(-n2cccn2)c1. The van der Waals surface area contributed by atoms with Crippen LogP contribution in [-0.2, 0) is 6.54 Å². The number of aromatic nitrogens is 2. The topological polar surface area (TPSA) is 46.9 Å². The van der Waals surface area contributed by atoms with E-state index in [2.05, 4.69) is 10.4 Å². The van der Waals surface area contributed by atoms with Crippen molar-refractivity contribution in [3.63, 3.8) is 0 Å². The number of amides is 1. The molecule has 1 amide bonds.